The Labute approximate surface area is 428 Å². The van der Waals surface area contributed by atoms with Crippen LogP contribution in [-0.4, -0.2) is 37.2 Å². The normalized spacial score (nSPS) is 12.3. The SMILES string of the molecule is CCCCC/C=C\C/C=C\CCCCCCCC(=O)OC(COC(=O)CCCCCCC)COC(=O)CCCCCCCCCCCCCCCCCCCCC/C=C\C/C=C\CCCCCCC. The third-order valence-electron chi connectivity index (χ3n) is 13.3. The van der Waals surface area contributed by atoms with Crippen molar-refractivity contribution in [3.05, 3.63) is 48.6 Å². The highest BCUT2D eigenvalue weighted by molar-refractivity contribution is 5.71. The number of carbonyl (C=O) groups excluding carboxylic acids is 3. The van der Waals surface area contributed by atoms with Crippen LogP contribution in [0.2, 0.25) is 0 Å². The number of unbranched alkanes of at least 4 members (excludes halogenated alkanes) is 36. The van der Waals surface area contributed by atoms with Gasteiger partial charge in [0.2, 0.25) is 0 Å². The van der Waals surface area contributed by atoms with E-state index in [-0.39, 0.29) is 31.1 Å². The first kappa shape index (κ1) is 66.4. The van der Waals surface area contributed by atoms with Crippen molar-refractivity contribution in [2.24, 2.45) is 0 Å². The first-order valence-corrected chi connectivity index (χ1v) is 30.1. The molecule has 0 radical (unpaired) electrons. The lowest BCUT2D eigenvalue weighted by atomic mass is 10.0. The first-order valence-electron chi connectivity index (χ1n) is 30.1. The second-order valence-corrected chi connectivity index (χ2v) is 20.3. The van der Waals surface area contributed by atoms with E-state index in [0.717, 1.165) is 96.3 Å². The Morgan fingerprint density at radius 2 is 0.522 bits per heavy atom. The Morgan fingerprint density at radius 1 is 0.290 bits per heavy atom. The molecule has 0 heterocycles. The van der Waals surface area contributed by atoms with Crippen molar-refractivity contribution in [2.45, 2.75) is 322 Å². The molecule has 0 rings (SSSR count). The lowest BCUT2D eigenvalue weighted by Crippen LogP contribution is -2.30. The standard InChI is InChI=1S/C63H114O6/c1-4-7-10-13-15-17-19-21-23-24-25-26-27-28-29-30-31-32-33-34-35-36-37-38-40-41-43-45-47-50-53-56-62(65)68-59-60(58-67-61(64)55-52-49-12-9-6-3)69-63(66)57-54-51-48-46-44-42-39-22-20-18-16-14-11-8-5-2/h16,18-19,21-22,24-25,39,60H,4-15,17,20,23,26-38,40-59H2,1-3H3/b18-16-,21-19-,25-24-,39-22-. The van der Waals surface area contributed by atoms with Gasteiger partial charge in [-0.2, -0.15) is 0 Å². The van der Waals surface area contributed by atoms with Crippen LogP contribution in [0.3, 0.4) is 0 Å². The summed E-state index contributed by atoms with van der Waals surface area (Å²) in [4.78, 5) is 37.8. The largest absolute Gasteiger partial charge is 0.462 e. The zero-order valence-electron chi connectivity index (χ0n) is 46.1. The van der Waals surface area contributed by atoms with Gasteiger partial charge < -0.3 is 14.2 Å². The summed E-state index contributed by atoms with van der Waals surface area (Å²) < 4.78 is 16.7. The van der Waals surface area contributed by atoms with Crippen LogP contribution in [0.4, 0.5) is 0 Å². The quantitative estimate of drug-likeness (QED) is 0.0262. The zero-order valence-corrected chi connectivity index (χ0v) is 46.1. The molecule has 0 aliphatic carbocycles. The minimum absolute atomic E-state index is 0.0761. The summed E-state index contributed by atoms with van der Waals surface area (Å²) in [5.74, 6) is -0.892. The van der Waals surface area contributed by atoms with E-state index in [2.05, 4.69) is 69.4 Å². The van der Waals surface area contributed by atoms with E-state index in [4.69, 9.17) is 14.2 Å². The van der Waals surface area contributed by atoms with Gasteiger partial charge >= 0.3 is 17.9 Å². The van der Waals surface area contributed by atoms with Crippen LogP contribution in [0.5, 0.6) is 0 Å². The van der Waals surface area contributed by atoms with Gasteiger partial charge in [-0.05, 0) is 83.5 Å². The average molecular weight is 968 g/mol. The number of allylic oxidation sites excluding steroid dienone is 8. The topological polar surface area (TPSA) is 78.9 Å². The number of hydrogen-bond donors (Lipinski definition) is 0. The third-order valence-corrected chi connectivity index (χ3v) is 13.3. The summed E-state index contributed by atoms with van der Waals surface area (Å²) in [6.45, 7) is 6.53. The highest BCUT2D eigenvalue weighted by Gasteiger charge is 2.19. The number of esters is 3. The van der Waals surface area contributed by atoms with Crippen molar-refractivity contribution in [3.63, 3.8) is 0 Å². The van der Waals surface area contributed by atoms with Gasteiger partial charge in [0.1, 0.15) is 13.2 Å². The second kappa shape index (κ2) is 57.9. The van der Waals surface area contributed by atoms with E-state index in [0.29, 0.717) is 19.3 Å². The molecule has 0 aliphatic rings. The third kappa shape index (κ3) is 56.2. The Bertz CT molecular complexity index is 1200. The smallest absolute Gasteiger partial charge is 0.306 e. The van der Waals surface area contributed by atoms with Crippen molar-refractivity contribution in [3.8, 4) is 0 Å². The highest BCUT2D eigenvalue weighted by atomic mass is 16.6. The number of hydrogen-bond acceptors (Lipinski definition) is 6. The molecule has 0 bridgehead atoms. The second-order valence-electron chi connectivity index (χ2n) is 20.3. The van der Waals surface area contributed by atoms with Crippen molar-refractivity contribution >= 4 is 17.9 Å². The van der Waals surface area contributed by atoms with Gasteiger partial charge in [0.15, 0.2) is 6.10 Å². The summed E-state index contributed by atoms with van der Waals surface area (Å²) in [6, 6.07) is 0. The minimum atomic E-state index is -0.774. The van der Waals surface area contributed by atoms with E-state index in [1.54, 1.807) is 0 Å². The lowest BCUT2D eigenvalue weighted by molar-refractivity contribution is -0.167. The predicted molar refractivity (Wildman–Crippen MR) is 298 cm³/mol. The maximum absolute atomic E-state index is 12.7. The van der Waals surface area contributed by atoms with Gasteiger partial charge in [-0.3, -0.25) is 14.4 Å². The van der Waals surface area contributed by atoms with Crippen LogP contribution in [0.15, 0.2) is 48.6 Å². The summed E-state index contributed by atoms with van der Waals surface area (Å²) in [5, 5.41) is 0. The van der Waals surface area contributed by atoms with Gasteiger partial charge in [0.25, 0.3) is 0 Å². The fourth-order valence-electron chi connectivity index (χ4n) is 8.74. The molecule has 402 valence electrons. The van der Waals surface area contributed by atoms with E-state index >= 15 is 0 Å². The molecule has 6 heteroatoms. The molecule has 0 saturated heterocycles. The Hall–Kier alpha value is -2.63. The fraction of sp³-hybridized carbons (Fsp3) is 0.825. The molecule has 1 unspecified atom stereocenters. The number of carbonyl (C=O) groups is 3. The van der Waals surface area contributed by atoms with Crippen molar-refractivity contribution in [1.82, 2.24) is 0 Å². The molecule has 69 heavy (non-hydrogen) atoms. The van der Waals surface area contributed by atoms with Gasteiger partial charge in [-0.25, -0.2) is 0 Å². The molecule has 0 aromatic rings. The van der Waals surface area contributed by atoms with Crippen molar-refractivity contribution in [1.29, 1.82) is 0 Å². The molecule has 6 nitrogen and oxygen atoms in total. The minimum Gasteiger partial charge on any atom is -0.462 e. The maximum atomic E-state index is 12.7. The first-order chi connectivity index (χ1) is 34.0. The highest BCUT2D eigenvalue weighted by Crippen LogP contribution is 2.17. The predicted octanol–water partition coefficient (Wildman–Crippen LogP) is 20.2. The molecule has 0 aliphatic heterocycles. The van der Waals surface area contributed by atoms with Crippen LogP contribution in [0, 0.1) is 0 Å². The molecule has 0 saturated carbocycles. The number of ether oxygens (including phenoxy) is 3. The molecular weight excluding hydrogens is 853 g/mol. The van der Waals surface area contributed by atoms with Crippen molar-refractivity contribution in [2.75, 3.05) is 13.2 Å². The van der Waals surface area contributed by atoms with E-state index in [9.17, 15) is 14.4 Å². The average Bonchev–Trinajstić information content (AvgIpc) is 3.35. The monoisotopic (exact) mass is 967 g/mol. The maximum Gasteiger partial charge on any atom is 0.306 e. The summed E-state index contributed by atoms with van der Waals surface area (Å²) in [6.07, 6.45) is 71.7. The molecule has 0 amide bonds. The van der Waals surface area contributed by atoms with Gasteiger partial charge in [-0.15, -0.1) is 0 Å². The fourth-order valence-corrected chi connectivity index (χ4v) is 8.74. The molecular formula is C63H114O6. The molecule has 0 N–H and O–H groups in total. The summed E-state index contributed by atoms with van der Waals surface area (Å²) in [7, 11) is 0. The van der Waals surface area contributed by atoms with Crippen LogP contribution in [-0.2, 0) is 28.6 Å². The summed E-state index contributed by atoms with van der Waals surface area (Å²) in [5.41, 5.74) is 0. The van der Waals surface area contributed by atoms with Crippen LogP contribution in [0.25, 0.3) is 0 Å². The van der Waals surface area contributed by atoms with Crippen LogP contribution < -0.4 is 0 Å². The number of rotatable bonds is 55. The summed E-state index contributed by atoms with van der Waals surface area (Å²) >= 11 is 0. The van der Waals surface area contributed by atoms with E-state index < -0.39 is 6.10 Å². The van der Waals surface area contributed by atoms with Crippen LogP contribution >= 0.6 is 0 Å². The van der Waals surface area contributed by atoms with E-state index in [1.807, 2.05) is 0 Å². The van der Waals surface area contributed by atoms with E-state index in [1.165, 1.54) is 180 Å². The van der Waals surface area contributed by atoms with Crippen LogP contribution in [0.1, 0.15) is 316 Å². The molecule has 0 spiro atoms. The van der Waals surface area contributed by atoms with Crippen molar-refractivity contribution < 1.29 is 28.6 Å². The Balaban J connectivity index is 3.94. The molecule has 0 fully saturated rings. The molecule has 0 aromatic carbocycles. The van der Waals surface area contributed by atoms with Gasteiger partial charge in [0.05, 0.1) is 0 Å². The zero-order chi connectivity index (χ0) is 50.0. The molecule has 0 aromatic heterocycles. The van der Waals surface area contributed by atoms with Gasteiger partial charge in [-0.1, -0.05) is 262 Å². The Morgan fingerprint density at radius 3 is 0.826 bits per heavy atom. The molecule has 1 atom stereocenters. The lowest BCUT2D eigenvalue weighted by Gasteiger charge is -2.18. The Kier molecular flexibility index (Phi) is 55.7. The van der Waals surface area contributed by atoms with Gasteiger partial charge in [0, 0.05) is 19.3 Å².